The smallest absolute Gasteiger partial charge is 0.312 e. The van der Waals surface area contributed by atoms with E-state index in [2.05, 4.69) is 11.4 Å². The lowest BCUT2D eigenvalue weighted by molar-refractivity contribution is -0.156. The number of ether oxygens (including phenoxy) is 1. The summed E-state index contributed by atoms with van der Waals surface area (Å²) >= 11 is 0. The molecule has 0 radical (unpaired) electrons. The molecule has 30 heavy (non-hydrogen) atoms. The molecule has 1 aromatic carbocycles. The average Bonchev–Trinajstić information content (AvgIpc) is 2.79. The van der Waals surface area contributed by atoms with E-state index in [1.807, 2.05) is 0 Å². The van der Waals surface area contributed by atoms with Crippen molar-refractivity contribution in [3.8, 4) is 11.8 Å². The van der Waals surface area contributed by atoms with Crippen molar-refractivity contribution in [1.82, 2.24) is 15.1 Å². The van der Waals surface area contributed by atoms with Crippen LogP contribution in [0.15, 0.2) is 24.3 Å². The Balaban J connectivity index is 1.30. The predicted octanol–water partition coefficient (Wildman–Crippen LogP) is 2.17. The third-order valence-corrected chi connectivity index (χ3v) is 5.97. The Bertz CT molecular complexity index is 738. The summed E-state index contributed by atoms with van der Waals surface area (Å²) in [6, 6.07) is 9.01. The van der Waals surface area contributed by atoms with Crippen LogP contribution in [0.25, 0.3) is 0 Å². The standard InChI is InChI=1S/C23H32N4O3/c24-18-20-5-7-21(8-6-20)30-17-3-14-27-16-15-26(22(28)23(27)29)13-2-1-4-19-9-11-25-12-10-19/h5-8,19,25H,1-4,9-17H2. The van der Waals surface area contributed by atoms with Crippen molar-refractivity contribution in [2.75, 3.05) is 45.9 Å². The monoisotopic (exact) mass is 412 g/mol. The van der Waals surface area contributed by atoms with E-state index >= 15 is 0 Å². The van der Waals surface area contributed by atoms with Gasteiger partial charge in [-0.05, 0) is 69.0 Å². The number of hydrogen-bond acceptors (Lipinski definition) is 5. The summed E-state index contributed by atoms with van der Waals surface area (Å²) in [5.41, 5.74) is 0.593. The second-order valence-corrected chi connectivity index (χ2v) is 8.11. The normalized spacial score (nSPS) is 17.8. The number of carbonyl (C=O) groups is 2. The van der Waals surface area contributed by atoms with Gasteiger partial charge in [0, 0.05) is 26.2 Å². The summed E-state index contributed by atoms with van der Waals surface area (Å²) in [6.07, 6.45) is 6.49. The lowest BCUT2D eigenvalue weighted by Gasteiger charge is -2.34. The van der Waals surface area contributed by atoms with Crippen LogP contribution in [0, 0.1) is 17.2 Å². The molecule has 2 saturated heterocycles. The second-order valence-electron chi connectivity index (χ2n) is 8.11. The number of hydrogen-bond donors (Lipinski definition) is 1. The van der Waals surface area contributed by atoms with Crippen LogP contribution in [0.3, 0.4) is 0 Å². The van der Waals surface area contributed by atoms with Gasteiger partial charge in [0.1, 0.15) is 5.75 Å². The van der Waals surface area contributed by atoms with Crippen molar-refractivity contribution in [2.24, 2.45) is 5.92 Å². The Morgan fingerprint density at radius 2 is 1.60 bits per heavy atom. The van der Waals surface area contributed by atoms with Gasteiger partial charge in [0.05, 0.1) is 18.2 Å². The van der Waals surface area contributed by atoms with E-state index in [1.54, 1.807) is 34.1 Å². The van der Waals surface area contributed by atoms with Gasteiger partial charge in [0.25, 0.3) is 0 Å². The molecule has 2 fully saturated rings. The molecule has 2 aliphatic rings. The Kier molecular flexibility index (Phi) is 8.52. The number of nitriles is 1. The van der Waals surface area contributed by atoms with Crippen molar-refractivity contribution >= 4 is 11.8 Å². The van der Waals surface area contributed by atoms with E-state index in [0.717, 1.165) is 31.8 Å². The van der Waals surface area contributed by atoms with E-state index in [1.165, 1.54) is 19.3 Å². The molecule has 0 unspecified atom stereocenters. The molecule has 0 bridgehead atoms. The van der Waals surface area contributed by atoms with Crippen LogP contribution in [0.4, 0.5) is 0 Å². The highest BCUT2D eigenvalue weighted by Gasteiger charge is 2.31. The largest absolute Gasteiger partial charge is 0.494 e. The molecule has 2 amide bonds. The quantitative estimate of drug-likeness (QED) is 0.470. The van der Waals surface area contributed by atoms with Crippen LogP contribution in [-0.2, 0) is 9.59 Å². The van der Waals surface area contributed by atoms with Gasteiger partial charge in [0.15, 0.2) is 0 Å². The fraction of sp³-hybridized carbons (Fsp3) is 0.609. The maximum Gasteiger partial charge on any atom is 0.312 e. The van der Waals surface area contributed by atoms with Gasteiger partial charge in [-0.2, -0.15) is 5.26 Å². The molecule has 0 saturated carbocycles. The number of piperidine rings is 1. The number of nitrogens with one attached hydrogen (secondary N) is 1. The zero-order chi connectivity index (χ0) is 21.2. The molecule has 3 rings (SSSR count). The number of piperazine rings is 1. The first kappa shape index (κ1) is 22.1. The summed E-state index contributed by atoms with van der Waals surface area (Å²) in [6.45, 7) is 5.13. The van der Waals surface area contributed by atoms with Crippen molar-refractivity contribution in [2.45, 2.75) is 38.5 Å². The number of unbranched alkanes of at least 4 members (excludes halogenated alkanes) is 1. The van der Waals surface area contributed by atoms with Gasteiger partial charge in [-0.3, -0.25) is 9.59 Å². The minimum atomic E-state index is -0.391. The van der Waals surface area contributed by atoms with E-state index in [4.69, 9.17) is 10.00 Å². The van der Waals surface area contributed by atoms with Crippen molar-refractivity contribution < 1.29 is 14.3 Å². The van der Waals surface area contributed by atoms with Crippen LogP contribution in [-0.4, -0.2) is 67.5 Å². The number of benzene rings is 1. The maximum absolute atomic E-state index is 12.4. The molecule has 7 heteroatoms. The van der Waals surface area contributed by atoms with Crippen LogP contribution < -0.4 is 10.1 Å². The summed E-state index contributed by atoms with van der Waals surface area (Å²) in [5.74, 6) is 0.756. The minimum Gasteiger partial charge on any atom is -0.494 e. The van der Waals surface area contributed by atoms with Gasteiger partial charge in [-0.15, -0.1) is 0 Å². The van der Waals surface area contributed by atoms with Crippen LogP contribution in [0.1, 0.15) is 44.1 Å². The molecule has 1 N–H and O–H groups in total. The van der Waals surface area contributed by atoms with Gasteiger partial charge in [-0.1, -0.05) is 12.8 Å². The number of rotatable bonds is 10. The molecule has 2 heterocycles. The first-order valence-electron chi connectivity index (χ1n) is 11.1. The zero-order valence-corrected chi connectivity index (χ0v) is 17.6. The molecule has 1 aromatic rings. The molecule has 0 atom stereocenters. The third-order valence-electron chi connectivity index (χ3n) is 5.97. The minimum absolute atomic E-state index is 0.365. The zero-order valence-electron chi connectivity index (χ0n) is 17.6. The lowest BCUT2D eigenvalue weighted by atomic mass is 9.92. The molecule has 0 spiro atoms. The molecule has 0 aliphatic carbocycles. The van der Waals surface area contributed by atoms with E-state index in [-0.39, 0.29) is 5.91 Å². The Labute approximate surface area is 179 Å². The molecular formula is C23H32N4O3. The molecule has 162 valence electrons. The summed E-state index contributed by atoms with van der Waals surface area (Å²) in [5, 5.41) is 12.2. The maximum atomic E-state index is 12.4. The topological polar surface area (TPSA) is 85.7 Å². The molecule has 2 aliphatic heterocycles. The average molecular weight is 413 g/mol. The van der Waals surface area contributed by atoms with Crippen molar-refractivity contribution in [3.63, 3.8) is 0 Å². The first-order valence-corrected chi connectivity index (χ1v) is 11.1. The van der Waals surface area contributed by atoms with E-state index < -0.39 is 5.91 Å². The van der Waals surface area contributed by atoms with Crippen molar-refractivity contribution in [3.05, 3.63) is 29.8 Å². The fourth-order valence-electron chi connectivity index (χ4n) is 4.12. The molecular weight excluding hydrogens is 380 g/mol. The Morgan fingerprint density at radius 3 is 2.23 bits per heavy atom. The Morgan fingerprint density at radius 1 is 0.967 bits per heavy atom. The van der Waals surface area contributed by atoms with E-state index in [9.17, 15) is 9.59 Å². The Hall–Kier alpha value is -2.59. The second kappa shape index (κ2) is 11.6. The fourth-order valence-corrected chi connectivity index (χ4v) is 4.12. The predicted molar refractivity (Wildman–Crippen MR) is 114 cm³/mol. The van der Waals surface area contributed by atoms with Gasteiger partial charge < -0.3 is 19.9 Å². The SMILES string of the molecule is N#Cc1ccc(OCCCN2CCN(CCCCC3CCNCC3)C(=O)C2=O)cc1. The first-order chi connectivity index (χ1) is 14.7. The number of carbonyl (C=O) groups excluding carboxylic acids is 2. The van der Waals surface area contributed by atoms with Crippen LogP contribution >= 0.6 is 0 Å². The molecule has 7 nitrogen and oxygen atoms in total. The van der Waals surface area contributed by atoms with Gasteiger partial charge >= 0.3 is 11.8 Å². The summed E-state index contributed by atoms with van der Waals surface area (Å²) in [4.78, 5) is 28.2. The number of nitrogens with zero attached hydrogens (tertiary/aromatic N) is 3. The van der Waals surface area contributed by atoms with E-state index in [0.29, 0.717) is 50.5 Å². The third kappa shape index (κ3) is 6.46. The lowest BCUT2D eigenvalue weighted by Crippen LogP contribution is -2.54. The van der Waals surface area contributed by atoms with Crippen LogP contribution in [0.2, 0.25) is 0 Å². The summed E-state index contributed by atoms with van der Waals surface area (Å²) < 4.78 is 5.65. The van der Waals surface area contributed by atoms with Gasteiger partial charge in [0.2, 0.25) is 0 Å². The highest BCUT2D eigenvalue weighted by Crippen LogP contribution is 2.19. The van der Waals surface area contributed by atoms with Crippen LogP contribution in [0.5, 0.6) is 5.75 Å². The molecule has 0 aromatic heterocycles. The highest BCUT2D eigenvalue weighted by molar-refractivity contribution is 6.35. The van der Waals surface area contributed by atoms with Gasteiger partial charge in [-0.25, -0.2) is 0 Å². The van der Waals surface area contributed by atoms with Crippen molar-refractivity contribution in [1.29, 1.82) is 5.26 Å². The number of amides is 2. The highest BCUT2D eigenvalue weighted by atomic mass is 16.5. The summed E-state index contributed by atoms with van der Waals surface area (Å²) in [7, 11) is 0.